The highest BCUT2D eigenvalue weighted by Gasteiger charge is 2.35. The van der Waals surface area contributed by atoms with Crippen molar-refractivity contribution in [1.82, 2.24) is 4.98 Å². The van der Waals surface area contributed by atoms with Gasteiger partial charge in [-0.2, -0.15) is 4.39 Å². The SMILES string of the molecule is COc1c(C2COC(C)(C)C2)ccc(F)c1F.O=CNc1ccnc(CCO)c1. The van der Waals surface area contributed by atoms with Gasteiger partial charge in [0.2, 0.25) is 12.2 Å². The molecule has 2 heterocycles. The van der Waals surface area contributed by atoms with Crippen molar-refractivity contribution >= 4 is 12.1 Å². The van der Waals surface area contributed by atoms with Gasteiger partial charge in [0.15, 0.2) is 11.6 Å². The van der Waals surface area contributed by atoms with E-state index in [-0.39, 0.29) is 23.9 Å². The van der Waals surface area contributed by atoms with Crippen molar-refractivity contribution in [3.63, 3.8) is 0 Å². The van der Waals surface area contributed by atoms with Crippen LogP contribution in [-0.2, 0) is 16.0 Å². The first-order chi connectivity index (χ1) is 13.8. The third-order valence-electron chi connectivity index (χ3n) is 4.55. The topological polar surface area (TPSA) is 80.7 Å². The van der Waals surface area contributed by atoms with Gasteiger partial charge in [-0.1, -0.05) is 6.07 Å². The van der Waals surface area contributed by atoms with E-state index in [1.165, 1.54) is 7.11 Å². The zero-order valence-electron chi connectivity index (χ0n) is 16.7. The van der Waals surface area contributed by atoms with Crippen LogP contribution >= 0.6 is 0 Å². The van der Waals surface area contributed by atoms with E-state index in [1.807, 2.05) is 13.8 Å². The number of methoxy groups -OCH3 is 1. The lowest BCUT2D eigenvalue weighted by molar-refractivity contribution is -0.105. The number of anilines is 1. The fourth-order valence-electron chi connectivity index (χ4n) is 3.20. The highest BCUT2D eigenvalue weighted by atomic mass is 19.2. The maximum absolute atomic E-state index is 13.6. The van der Waals surface area contributed by atoms with Crippen molar-refractivity contribution in [3.05, 3.63) is 53.4 Å². The molecule has 0 saturated carbocycles. The van der Waals surface area contributed by atoms with Gasteiger partial charge in [-0.05, 0) is 38.5 Å². The number of hydrogen-bond donors (Lipinski definition) is 2. The Morgan fingerprint density at radius 1 is 1.38 bits per heavy atom. The fourth-order valence-corrected chi connectivity index (χ4v) is 3.20. The van der Waals surface area contributed by atoms with Crippen LogP contribution in [0.3, 0.4) is 0 Å². The Kier molecular flexibility index (Phi) is 8.04. The summed E-state index contributed by atoms with van der Waals surface area (Å²) in [6.45, 7) is 4.55. The van der Waals surface area contributed by atoms with Gasteiger partial charge in [0.25, 0.3) is 0 Å². The van der Waals surface area contributed by atoms with Crippen molar-refractivity contribution in [3.8, 4) is 5.75 Å². The number of rotatable bonds is 6. The Labute approximate surface area is 168 Å². The molecule has 0 bridgehead atoms. The van der Waals surface area contributed by atoms with Crippen LogP contribution in [0.15, 0.2) is 30.5 Å². The summed E-state index contributed by atoms with van der Waals surface area (Å²) in [7, 11) is 1.35. The fraction of sp³-hybridized carbons (Fsp3) is 0.429. The summed E-state index contributed by atoms with van der Waals surface area (Å²) in [4.78, 5) is 14.1. The summed E-state index contributed by atoms with van der Waals surface area (Å²) in [5.74, 6) is -1.76. The van der Waals surface area contributed by atoms with Gasteiger partial charge in [0, 0.05) is 42.1 Å². The zero-order valence-corrected chi connectivity index (χ0v) is 16.7. The molecule has 0 spiro atoms. The molecule has 29 heavy (non-hydrogen) atoms. The molecule has 1 aromatic carbocycles. The Morgan fingerprint density at radius 3 is 2.72 bits per heavy atom. The van der Waals surface area contributed by atoms with Crippen molar-refractivity contribution < 1.29 is 28.2 Å². The number of ether oxygens (including phenoxy) is 2. The Morgan fingerprint density at radius 2 is 2.14 bits per heavy atom. The van der Waals surface area contributed by atoms with Gasteiger partial charge < -0.3 is 19.9 Å². The van der Waals surface area contributed by atoms with Crippen LogP contribution in [0, 0.1) is 11.6 Å². The molecule has 8 heteroatoms. The molecule has 1 atom stereocenters. The molecule has 1 aliphatic heterocycles. The molecule has 1 aliphatic rings. The number of halogens is 2. The molecule has 0 radical (unpaired) electrons. The van der Waals surface area contributed by atoms with Crippen molar-refractivity contribution in [1.29, 1.82) is 0 Å². The average molecular weight is 408 g/mol. The van der Waals surface area contributed by atoms with E-state index in [4.69, 9.17) is 14.6 Å². The number of amides is 1. The molecule has 0 aliphatic carbocycles. The predicted molar refractivity (Wildman–Crippen MR) is 105 cm³/mol. The minimum Gasteiger partial charge on any atom is -0.493 e. The number of pyridine rings is 1. The first-order valence-corrected chi connectivity index (χ1v) is 9.23. The summed E-state index contributed by atoms with van der Waals surface area (Å²) in [5.41, 5.74) is 1.92. The monoisotopic (exact) mass is 408 g/mol. The van der Waals surface area contributed by atoms with E-state index >= 15 is 0 Å². The van der Waals surface area contributed by atoms with E-state index in [1.54, 1.807) is 24.4 Å². The standard InChI is InChI=1S/C13H16F2O2.C8H10N2O2/c1-13(2)6-8(7-17-13)9-4-5-10(14)11(15)12(9)16-3;11-4-2-8-5-7(10-6-12)1-3-9-8/h4-5,8H,6-7H2,1-3H3;1,3,5-6,11H,2,4H2,(H,9,10,12). The zero-order chi connectivity index (χ0) is 21.4. The molecule has 3 rings (SSSR count). The predicted octanol–water partition coefficient (Wildman–Crippen LogP) is 3.44. The van der Waals surface area contributed by atoms with E-state index < -0.39 is 11.6 Å². The van der Waals surface area contributed by atoms with Crippen LogP contribution in [0.25, 0.3) is 0 Å². The highest BCUT2D eigenvalue weighted by molar-refractivity contribution is 5.70. The number of nitrogens with zero attached hydrogens (tertiary/aromatic N) is 1. The molecule has 2 aromatic rings. The number of nitrogens with one attached hydrogen (secondary N) is 1. The first kappa shape index (κ1) is 22.7. The smallest absolute Gasteiger partial charge is 0.211 e. The highest BCUT2D eigenvalue weighted by Crippen LogP contribution is 2.40. The molecular weight excluding hydrogens is 382 g/mol. The molecule has 6 nitrogen and oxygen atoms in total. The number of aromatic nitrogens is 1. The molecule has 1 amide bonds. The number of carbonyl (C=O) groups excluding carboxylic acids is 1. The summed E-state index contributed by atoms with van der Waals surface area (Å²) in [5, 5.41) is 11.1. The summed E-state index contributed by atoms with van der Waals surface area (Å²) in [6.07, 6.45) is 3.48. The third kappa shape index (κ3) is 6.20. The van der Waals surface area contributed by atoms with Crippen LogP contribution in [0.5, 0.6) is 5.75 Å². The maximum Gasteiger partial charge on any atom is 0.211 e. The summed E-state index contributed by atoms with van der Waals surface area (Å²) >= 11 is 0. The number of aliphatic hydroxyl groups is 1. The van der Waals surface area contributed by atoms with Crippen LogP contribution in [0.4, 0.5) is 14.5 Å². The van der Waals surface area contributed by atoms with Gasteiger partial charge in [-0.15, -0.1) is 0 Å². The minimum absolute atomic E-state index is 0.00343. The number of benzene rings is 1. The Balaban J connectivity index is 0.000000221. The first-order valence-electron chi connectivity index (χ1n) is 9.23. The van der Waals surface area contributed by atoms with Gasteiger partial charge in [0.1, 0.15) is 0 Å². The average Bonchev–Trinajstić information content (AvgIpc) is 3.05. The van der Waals surface area contributed by atoms with Gasteiger partial charge in [-0.25, -0.2) is 4.39 Å². The lowest BCUT2D eigenvalue weighted by Gasteiger charge is -2.17. The second-order valence-corrected chi connectivity index (χ2v) is 7.23. The molecule has 1 unspecified atom stereocenters. The molecule has 1 aromatic heterocycles. The van der Waals surface area contributed by atoms with Gasteiger partial charge in [0.05, 0.1) is 19.3 Å². The second-order valence-electron chi connectivity index (χ2n) is 7.23. The lowest BCUT2D eigenvalue weighted by Crippen LogP contribution is -2.16. The van der Waals surface area contributed by atoms with Crippen molar-refractivity contribution in [2.24, 2.45) is 0 Å². The van der Waals surface area contributed by atoms with Gasteiger partial charge in [-0.3, -0.25) is 9.78 Å². The van der Waals surface area contributed by atoms with E-state index in [0.29, 0.717) is 30.7 Å². The molecule has 2 N–H and O–H groups in total. The molecular formula is C21H26F2N2O4. The van der Waals surface area contributed by atoms with Crippen LogP contribution in [0.1, 0.15) is 37.4 Å². The van der Waals surface area contributed by atoms with Crippen molar-refractivity contribution in [2.75, 3.05) is 25.6 Å². The number of aliphatic hydroxyl groups excluding tert-OH is 1. The lowest BCUT2D eigenvalue weighted by atomic mass is 9.91. The van der Waals surface area contributed by atoms with Crippen LogP contribution in [0.2, 0.25) is 0 Å². The van der Waals surface area contributed by atoms with E-state index in [2.05, 4.69) is 10.3 Å². The van der Waals surface area contributed by atoms with Gasteiger partial charge >= 0.3 is 0 Å². The Hall–Kier alpha value is -2.58. The van der Waals surface area contributed by atoms with Crippen molar-refractivity contribution in [2.45, 2.75) is 38.2 Å². The molecule has 158 valence electrons. The maximum atomic E-state index is 13.6. The molecule has 1 saturated heterocycles. The Bertz CT molecular complexity index is 830. The third-order valence-corrected chi connectivity index (χ3v) is 4.55. The largest absolute Gasteiger partial charge is 0.493 e. The minimum atomic E-state index is -0.922. The summed E-state index contributed by atoms with van der Waals surface area (Å²) < 4.78 is 37.2. The normalized spacial score (nSPS) is 17.2. The summed E-state index contributed by atoms with van der Waals surface area (Å²) in [6, 6.07) is 6.13. The number of hydrogen-bond acceptors (Lipinski definition) is 5. The quantitative estimate of drug-likeness (QED) is 0.716. The van der Waals surface area contributed by atoms with Crippen LogP contribution < -0.4 is 10.1 Å². The molecule has 1 fully saturated rings. The second kappa shape index (κ2) is 10.3. The van der Waals surface area contributed by atoms with E-state index in [9.17, 15) is 13.6 Å². The van der Waals surface area contributed by atoms with Crippen LogP contribution in [-0.4, -0.2) is 42.4 Å². The number of carbonyl (C=O) groups is 1. The van der Waals surface area contributed by atoms with E-state index in [0.717, 1.165) is 18.2 Å².